The quantitative estimate of drug-likeness (QED) is 0.619. The number of para-hydroxylation sites is 1. The molecule has 38 heavy (non-hydrogen) atoms. The van der Waals surface area contributed by atoms with Crippen LogP contribution in [0.25, 0.3) is 0 Å². The Balaban J connectivity index is 1.64. The number of fused-ring (bicyclic) bond motifs is 1. The molecule has 10 nitrogen and oxygen atoms in total. The van der Waals surface area contributed by atoms with Gasteiger partial charge in [0.25, 0.3) is 5.91 Å². The number of hydrogen-bond acceptors (Lipinski definition) is 6. The third-order valence-electron chi connectivity index (χ3n) is 6.68. The molecule has 1 saturated heterocycles. The predicted molar refractivity (Wildman–Crippen MR) is 140 cm³/mol. The molecule has 0 spiro atoms. The Morgan fingerprint density at radius 1 is 0.921 bits per heavy atom. The van der Waals surface area contributed by atoms with Crippen LogP contribution in [-0.4, -0.2) is 91.5 Å². The lowest BCUT2D eigenvalue weighted by molar-refractivity contribution is -0.140. The van der Waals surface area contributed by atoms with E-state index in [2.05, 4.69) is 10.6 Å². The van der Waals surface area contributed by atoms with Crippen LogP contribution in [0.5, 0.6) is 5.75 Å². The summed E-state index contributed by atoms with van der Waals surface area (Å²) < 4.78 is 11.3. The fraction of sp³-hybridized carbons (Fsp3) is 0.429. The summed E-state index contributed by atoms with van der Waals surface area (Å²) in [5.41, 5.74) is 1.14. The molecule has 2 atom stereocenters. The molecule has 2 N–H and O–H groups in total. The van der Waals surface area contributed by atoms with Gasteiger partial charge in [-0.25, -0.2) is 0 Å². The maximum Gasteiger partial charge on any atom is 0.255 e. The van der Waals surface area contributed by atoms with Gasteiger partial charge in [-0.1, -0.05) is 42.5 Å². The van der Waals surface area contributed by atoms with Crippen molar-refractivity contribution in [1.29, 1.82) is 0 Å². The molecular formula is C28H34N4O6. The summed E-state index contributed by atoms with van der Waals surface area (Å²) in [4.78, 5) is 56.7. The van der Waals surface area contributed by atoms with Crippen LogP contribution in [0.15, 0.2) is 54.6 Å². The number of morpholine rings is 1. The Hall–Kier alpha value is -3.92. The molecule has 0 saturated carbocycles. The lowest BCUT2D eigenvalue weighted by atomic mass is 10.0. The number of nitrogens with zero attached hydrogens (tertiary/aromatic N) is 2. The number of benzene rings is 2. The second-order valence-corrected chi connectivity index (χ2v) is 9.24. The van der Waals surface area contributed by atoms with E-state index in [0.29, 0.717) is 45.0 Å². The lowest BCUT2D eigenvalue weighted by Gasteiger charge is -2.31. The van der Waals surface area contributed by atoms with E-state index >= 15 is 0 Å². The van der Waals surface area contributed by atoms with Crippen molar-refractivity contribution in [3.63, 3.8) is 0 Å². The molecular weight excluding hydrogens is 488 g/mol. The number of likely N-dealkylation sites (N-methyl/N-ethyl adjacent to an activating group) is 1. The third-order valence-corrected chi connectivity index (χ3v) is 6.68. The largest absolute Gasteiger partial charge is 0.491 e. The van der Waals surface area contributed by atoms with Crippen LogP contribution in [0.1, 0.15) is 29.3 Å². The standard InChI is InChI=1S/C28H34N4O6/c1-2-31-14-17-38-24-11-7-6-10-21(24)26(34)30-23(28(36)32-12-15-37-16-13-32)19-25(33)29-22(27(31)35)18-20-8-4-3-5-9-20/h3-11,22-23H,2,12-19H2,1H3,(H,29,33)(H,30,34)/t22-,23+/m1/s1. The summed E-state index contributed by atoms with van der Waals surface area (Å²) >= 11 is 0. The van der Waals surface area contributed by atoms with Crippen molar-refractivity contribution in [3.8, 4) is 5.75 Å². The number of nitrogens with one attached hydrogen (secondary N) is 2. The van der Waals surface area contributed by atoms with Crippen LogP contribution in [-0.2, 0) is 25.5 Å². The zero-order valence-corrected chi connectivity index (χ0v) is 21.6. The van der Waals surface area contributed by atoms with Crippen molar-refractivity contribution in [2.24, 2.45) is 0 Å². The predicted octanol–water partition coefficient (Wildman–Crippen LogP) is 1.00. The van der Waals surface area contributed by atoms with Gasteiger partial charge in [0.2, 0.25) is 17.7 Å². The first-order chi connectivity index (χ1) is 18.5. The number of amides is 4. The van der Waals surface area contributed by atoms with Gasteiger partial charge in [0.1, 0.15) is 24.4 Å². The Kier molecular flexibility index (Phi) is 9.31. The molecule has 2 aromatic carbocycles. The van der Waals surface area contributed by atoms with Crippen molar-refractivity contribution in [2.75, 3.05) is 46.0 Å². The molecule has 0 bridgehead atoms. The van der Waals surface area contributed by atoms with Crippen LogP contribution in [0, 0.1) is 0 Å². The molecule has 0 aliphatic carbocycles. The van der Waals surface area contributed by atoms with E-state index in [-0.39, 0.29) is 37.0 Å². The second-order valence-electron chi connectivity index (χ2n) is 9.24. The Morgan fingerprint density at radius 2 is 1.63 bits per heavy atom. The zero-order chi connectivity index (χ0) is 26.9. The van der Waals surface area contributed by atoms with Crippen molar-refractivity contribution in [2.45, 2.75) is 31.8 Å². The number of carbonyl (C=O) groups excluding carboxylic acids is 4. The Bertz CT molecular complexity index is 1140. The number of rotatable bonds is 4. The van der Waals surface area contributed by atoms with Gasteiger partial charge < -0.3 is 29.9 Å². The highest BCUT2D eigenvalue weighted by atomic mass is 16.5. The van der Waals surface area contributed by atoms with Crippen molar-refractivity contribution < 1.29 is 28.7 Å². The summed E-state index contributed by atoms with van der Waals surface area (Å²) in [5.74, 6) is -1.28. The van der Waals surface area contributed by atoms with Gasteiger partial charge in [-0.2, -0.15) is 0 Å². The number of hydrogen-bond donors (Lipinski definition) is 2. The summed E-state index contributed by atoms with van der Waals surface area (Å²) in [6.45, 7) is 4.23. The monoisotopic (exact) mass is 522 g/mol. The molecule has 0 radical (unpaired) electrons. The van der Waals surface area contributed by atoms with Crippen LogP contribution in [0.4, 0.5) is 0 Å². The molecule has 2 heterocycles. The number of carbonyl (C=O) groups is 4. The van der Waals surface area contributed by atoms with E-state index < -0.39 is 23.9 Å². The minimum atomic E-state index is -1.12. The molecule has 4 rings (SSSR count). The van der Waals surface area contributed by atoms with E-state index in [1.165, 1.54) is 0 Å². The van der Waals surface area contributed by atoms with Crippen molar-refractivity contribution in [1.82, 2.24) is 20.4 Å². The third kappa shape index (κ3) is 6.89. The molecule has 0 unspecified atom stereocenters. The summed E-state index contributed by atoms with van der Waals surface area (Å²) in [6, 6.07) is 14.2. The first-order valence-electron chi connectivity index (χ1n) is 13.0. The first kappa shape index (κ1) is 27.1. The smallest absolute Gasteiger partial charge is 0.255 e. The van der Waals surface area contributed by atoms with Gasteiger partial charge in [0.15, 0.2) is 0 Å². The highest BCUT2D eigenvalue weighted by molar-refractivity contribution is 6.01. The zero-order valence-electron chi connectivity index (χ0n) is 21.6. The summed E-state index contributed by atoms with van der Waals surface area (Å²) in [5, 5.41) is 5.58. The highest BCUT2D eigenvalue weighted by Crippen LogP contribution is 2.19. The van der Waals surface area contributed by atoms with Crippen LogP contribution in [0.2, 0.25) is 0 Å². The van der Waals surface area contributed by atoms with Gasteiger partial charge in [0.05, 0.1) is 31.7 Å². The SMILES string of the molecule is CCN1CCOc2ccccc2C(=O)N[C@H](C(=O)N2CCOCC2)CC(=O)N[C@H](Cc2ccccc2)C1=O. The molecule has 0 aromatic heterocycles. The Labute approximate surface area is 222 Å². The van der Waals surface area contributed by atoms with E-state index in [4.69, 9.17) is 9.47 Å². The average Bonchev–Trinajstić information content (AvgIpc) is 2.94. The fourth-order valence-corrected chi connectivity index (χ4v) is 4.62. The molecule has 202 valence electrons. The summed E-state index contributed by atoms with van der Waals surface area (Å²) in [6.07, 6.45) is -0.0182. The number of ether oxygens (including phenoxy) is 2. The summed E-state index contributed by atoms with van der Waals surface area (Å²) in [7, 11) is 0. The lowest BCUT2D eigenvalue weighted by Crippen LogP contribution is -2.55. The van der Waals surface area contributed by atoms with Gasteiger partial charge in [-0.3, -0.25) is 19.2 Å². The molecule has 2 aliphatic heterocycles. The minimum Gasteiger partial charge on any atom is -0.491 e. The van der Waals surface area contributed by atoms with E-state index in [1.54, 1.807) is 34.1 Å². The Morgan fingerprint density at radius 3 is 2.37 bits per heavy atom. The van der Waals surface area contributed by atoms with Crippen LogP contribution < -0.4 is 15.4 Å². The van der Waals surface area contributed by atoms with E-state index in [9.17, 15) is 19.2 Å². The second kappa shape index (κ2) is 13.0. The van der Waals surface area contributed by atoms with Gasteiger partial charge in [0, 0.05) is 26.1 Å². The van der Waals surface area contributed by atoms with E-state index in [0.717, 1.165) is 5.56 Å². The highest BCUT2D eigenvalue weighted by Gasteiger charge is 2.33. The normalized spacial score (nSPS) is 21.4. The van der Waals surface area contributed by atoms with Crippen LogP contribution >= 0.6 is 0 Å². The molecule has 1 fully saturated rings. The average molecular weight is 523 g/mol. The van der Waals surface area contributed by atoms with Crippen LogP contribution in [0.3, 0.4) is 0 Å². The van der Waals surface area contributed by atoms with Gasteiger partial charge in [-0.15, -0.1) is 0 Å². The molecule has 2 aliphatic rings. The minimum absolute atomic E-state index is 0.159. The maximum atomic E-state index is 13.6. The molecule has 10 heteroatoms. The molecule has 2 aromatic rings. The van der Waals surface area contributed by atoms with Crippen molar-refractivity contribution >= 4 is 23.6 Å². The fourth-order valence-electron chi connectivity index (χ4n) is 4.62. The van der Waals surface area contributed by atoms with Gasteiger partial charge >= 0.3 is 0 Å². The topological polar surface area (TPSA) is 117 Å². The first-order valence-corrected chi connectivity index (χ1v) is 13.0. The maximum absolute atomic E-state index is 13.6. The van der Waals surface area contributed by atoms with Gasteiger partial charge in [-0.05, 0) is 24.6 Å². The van der Waals surface area contributed by atoms with Crippen molar-refractivity contribution in [3.05, 3.63) is 65.7 Å². The molecule has 4 amide bonds. The van der Waals surface area contributed by atoms with E-state index in [1.807, 2.05) is 37.3 Å².